The third kappa shape index (κ3) is 6.71. The topological polar surface area (TPSA) is 65.8 Å². The van der Waals surface area contributed by atoms with E-state index in [0.717, 1.165) is 10.2 Å². The lowest BCUT2D eigenvalue weighted by molar-refractivity contribution is 0.0942. The number of carbonyl (C=O) groups is 1. The maximum absolute atomic E-state index is 12.5. The van der Waals surface area contributed by atoms with Crippen molar-refractivity contribution in [3.63, 3.8) is 0 Å². The van der Waals surface area contributed by atoms with Crippen LogP contribution < -0.4 is 10.6 Å². The van der Waals surface area contributed by atoms with Crippen molar-refractivity contribution in [2.45, 2.75) is 9.96 Å². The smallest absolute Gasteiger partial charge is 0.252 e. The molecule has 0 saturated heterocycles. The Kier molecular flexibility index (Phi) is 7.72. The molecule has 0 bridgehead atoms. The molecule has 0 aromatic heterocycles. The minimum Gasteiger partial charge on any atom is -0.362 e. The summed E-state index contributed by atoms with van der Waals surface area (Å²) in [6, 6.07) is 23.3. The molecule has 9 heteroatoms. The third-order valence-corrected chi connectivity index (χ3v) is 5.11. The molecule has 0 heterocycles. The second-order valence-electron chi connectivity index (χ2n) is 6.18. The number of azo groups is 1. The van der Waals surface area contributed by atoms with Crippen LogP contribution in [0.1, 0.15) is 10.4 Å². The molecule has 3 aromatic carbocycles. The molecule has 3 rings (SSSR count). The van der Waals surface area contributed by atoms with Gasteiger partial charge in [-0.25, -0.2) is 0 Å². The summed E-state index contributed by atoms with van der Waals surface area (Å²) in [5.41, 5.74) is 2.50. The van der Waals surface area contributed by atoms with Gasteiger partial charge in [0.1, 0.15) is 6.17 Å². The number of alkyl halides is 3. The normalized spacial score (nSPS) is 12.5. The Labute approximate surface area is 197 Å². The molecular weight excluding hydrogens is 511 g/mol. The van der Waals surface area contributed by atoms with Gasteiger partial charge in [-0.3, -0.25) is 4.79 Å². The largest absolute Gasteiger partial charge is 0.362 e. The third-order valence-electron chi connectivity index (χ3n) is 3.92. The fourth-order valence-electron chi connectivity index (χ4n) is 2.42. The Morgan fingerprint density at radius 1 is 0.833 bits per heavy atom. The number of nitrogens with one attached hydrogen (secondary N) is 2. The zero-order chi connectivity index (χ0) is 21.6. The first-order valence-electron chi connectivity index (χ1n) is 8.78. The number of anilines is 1. The molecule has 0 unspecified atom stereocenters. The average Bonchev–Trinajstić information content (AvgIpc) is 2.73. The fraction of sp³-hybridized carbons (Fsp3) is 0.0952. The van der Waals surface area contributed by atoms with Crippen LogP contribution in [0.15, 0.2) is 93.6 Å². The maximum atomic E-state index is 12.5. The molecule has 0 saturated carbocycles. The fourth-order valence-corrected chi connectivity index (χ4v) is 3.01. The van der Waals surface area contributed by atoms with Gasteiger partial charge < -0.3 is 10.6 Å². The summed E-state index contributed by atoms with van der Waals surface area (Å²) < 4.78 is -0.920. The van der Waals surface area contributed by atoms with Crippen LogP contribution >= 0.6 is 50.7 Å². The number of amides is 1. The van der Waals surface area contributed by atoms with E-state index in [2.05, 4.69) is 36.8 Å². The lowest BCUT2D eigenvalue weighted by atomic mass is 10.2. The number of carbonyl (C=O) groups excluding carboxylic acids is 1. The van der Waals surface area contributed by atoms with Crippen LogP contribution in [0.3, 0.4) is 0 Å². The minimum absolute atomic E-state index is 0.375. The summed E-state index contributed by atoms with van der Waals surface area (Å²) in [4.78, 5) is 12.5. The summed E-state index contributed by atoms with van der Waals surface area (Å²) in [6.45, 7) is 0. The lowest BCUT2D eigenvalue weighted by Gasteiger charge is -2.27. The van der Waals surface area contributed by atoms with E-state index in [1.807, 2.05) is 30.3 Å². The number of nitrogens with zero attached hydrogens (tertiary/aromatic N) is 2. The van der Waals surface area contributed by atoms with E-state index in [9.17, 15) is 4.79 Å². The number of hydrogen-bond donors (Lipinski definition) is 2. The van der Waals surface area contributed by atoms with E-state index >= 15 is 0 Å². The number of rotatable bonds is 6. The highest BCUT2D eigenvalue weighted by molar-refractivity contribution is 9.10. The van der Waals surface area contributed by atoms with Crippen molar-refractivity contribution in [2.75, 3.05) is 5.32 Å². The van der Waals surface area contributed by atoms with Crippen molar-refractivity contribution in [3.05, 3.63) is 88.9 Å². The van der Waals surface area contributed by atoms with Crippen molar-refractivity contribution in [1.29, 1.82) is 0 Å². The van der Waals surface area contributed by atoms with Crippen LogP contribution in [0.25, 0.3) is 0 Å². The zero-order valence-corrected chi connectivity index (χ0v) is 19.3. The van der Waals surface area contributed by atoms with Crippen molar-refractivity contribution in [1.82, 2.24) is 5.32 Å². The molecule has 0 spiro atoms. The van der Waals surface area contributed by atoms with E-state index in [1.165, 1.54) is 0 Å². The highest BCUT2D eigenvalue weighted by atomic mass is 79.9. The Balaban J connectivity index is 1.68. The van der Waals surface area contributed by atoms with Gasteiger partial charge in [0, 0.05) is 15.7 Å². The average molecular weight is 527 g/mol. The molecule has 154 valence electrons. The Hall–Kier alpha value is -2.12. The second kappa shape index (κ2) is 10.3. The van der Waals surface area contributed by atoms with Gasteiger partial charge in [-0.05, 0) is 60.7 Å². The first kappa shape index (κ1) is 22.6. The van der Waals surface area contributed by atoms with Gasteiger partial charge in [-0.15, -0.1) is 0 Å². The van der Waals surface area contributed by atoms with Gasteiger partial charge >= 0.3 is 0 Å². The predicted molar refractivity (Wildman–Crippen MR) is 126 cm³/mol. The van der Waals surface area contributed by atoms with Crippen LogP contribution in [0.2, 0.25) is 0 Å². The van der Waals surface area contributed by atoms with Crippen LogP contribution in [0.4, 0.5) is 17.1 Å². The van der Waals surface area contributed by atoms with Gasteiger partial charge in [0.05, 0.1) is 11.4 Å². The van der Waals surface area contributed by atoms with Crippen LogP contribution in [0.5, 0.6) is 0 Å². The van der Waals surface area contributed by atoms with Gasteiger partial charge in [0.25, 0.3) is 5.91 Å². The molecule has 30 heavy (non-hydrogen) atoms. The standard InChI is InChI=1S/C21H16BrCl3N4O/c22-15-8-6-14(7-9-15)19(30)27-20(21(23,24)25)26-16-10-12-18(13-11-16)29-28-17-4-2-1-3-5-17/h1-13,20,26H,(H,27,30)/t20-/m0/s1. The van der Waals surface area contributed by atoms with Crippen LogP contribution in [-0.4, -0.2) is 15.9 Å². The quantitative estimate of drug-likeness (QED) is 0.200. The molecule has 1 amide bonds. The number of benzene rings is 3. The van der Waals surface area contributed by atoms with E-state index in [4.69, 9.17) is 34.8 Å². The van der Waals surface area contributed by atoms with E-state index in [-0.39, 0.29) is 5.91 Å². The summed E-state index contributed by atoms with van der Waals surface area (Å²) in [5, 5.41) is 14.1. The van der Waals surface area contributed by atoms with Crippen molar-refractivity contribution in [2.24, 2.45) is 10.2 Å². The zero-order valence-electron chi connectivity index (χ0n) is 15.4. The predicted octanol–water partition coefficient (Wildman–Crippen LogP) is 7.40. The number of hydrogen-bond acceptors (Lipinski definition) is 4. The van der Waals surface area contributed by atoms with Crippen LogP contribution in [0, 0.1) is 0 Å². The molecule has 3 aromatic rings. The SMILES string of the molecule is O=C(N[C@H](Nc1ccc(N=Nc2ccccc2)cc1)C(Cl)(Cl)Cl)c1ccc(Br)cc1. The molecular formula is C21H16BrCl3N4O. The highest BCUT2D eigenvalue weighted by Gasteiger charge is 2.34. The summed E-state index contributed by atoms with van der Waals surface area (Å²) in [6.07, 6.45) is -0.963. The maximum Gasteiger partial charge on any atom is 0.252 e. The van der Waals surface area contributed by atoms with Crippen molar-refractivity contribution in [3.8, 4) is 0 Å². The second-order valence-corrected chi connectivity index (χ2v) is 9.47. The van der Waals surface area contributed by atoms with Crippen LogP contribution in [-0.2, 0) is 0 Å². The first-order valence-corrected chi connectivity index (χ1v) is 10.7. The molecule has 0 aliphatic carbocycles. The Morgan fingerprint density at radius 3 is 1.97 bits per heavy atom. The van der Waals surface area contributed by atoms with E-state index in [0.29, 0.717) is 16.9 Å². The molecule has 0 aliphatic rings. The highest BCUT2D eigenvalue weighted by Crippen LogP contribution is 2.32. The first-order chi connectivity index (χ1) is 14.3. The van der Waals surface area contributed by atoms with Crippen molar-refractivity contribution < 1.29 is 4.79 Å². The summed E-state index contributed by atoms with van der Waals surface area (Å²) in [7, 11) is 0. The molecule has 1 atom stereocenters. The minimum atomic E-state index is -1.78. The molecule has 5 nitrogen and oxygen atoms in total. The van der Waals surface area contributed by atoms with Gasteiger partial charge in [0.2, 0.25) is 3.79 Å². The van der Waals surface area contributed by atoms with E-state index in [1.54, 1.807) is 48.5 Å². The Bertz CT molecular complexity index is 1010. The number of halogens is 4. The Morgan fingerprint density at radius 2 is 1.40 bits per heavy atom. The molecule has 0 fully saturated rings. The molecule has 0 aliphatic heterocycles. The monoisotopic (exact) mass is 524 g/mol. The lowest BCUT2D eigenvalue weighted by Crippen LogP contribution is -2.49. The molecule has 0 radical (unpaired) electrons. The van der Waals surface area contributed by atoms with Gasteiger partial charge in [0.15, 0.2) is 0 Å². The summed E-state index contributed by atoms with van der Waals surface area (Å²) >= 11 is 21.5. The van der Waals surface area contributed by atoms with Gasteiger partial charge in [-0.2, -0.15) is 10.2 Å². The van der Waals surface area contributed by atoms with E-state index < -0.39 is 9.96 Å². The van der Waals surface area contributed by atoms with Crippen molar-refractivity contribution >= 4 is 73.7 Å². The molecule has 2 N–H and O–H groups in total. The van der Waals surface area contributed by atoms with Gasteiger partial charge in [-0.1, -0.05) is 68.9 Å². The summed E-state index contributed by atoms with van der Waals surface area (Å²) in [5.74, 6) is -0.375.